The Hall–Kier alpha value is -1.86. The molecule has 0 aromatic carbocycles. The molecule has 0 amide bonds. The normalized spacial score (nSPS) is 35.2. The Morgan fingerprint density at radius 1 is 1.21 bits per heavy atom. The van der Waals surface area contributed by atoms with Crippen molar-refractivity contribution in [1.29, 1.82) is 0 Å². The molecule has 1 saturated carbocycles. The minimum Gasteiger partial charge on any atom is -0.356 e. The average molecular weight is 394 g/mol. The van der Waals surface area contributed by atoms with Crippen LogP contribution in [0.2, 0.25) is 0 Å². The average Bonchev–Trinajstić information content (AvgIpc) is 3.07. The number of hydrogen-bond acceptors (Lipinski definition) is 5. The Morgan fingerprint density at radius 3 is 2.54 bits per heavy atom. The van der Waals surface area contributed by atoms with Gasteiger partial charge in [-0.15, -0.1) is 0 Å². The number of Topliss-reactive ketones (excluding diaryl/α,β-unsaturated/α-hetero) is 1. The van der Waals surface area contributed by atoms with Crippen LogP contribution in [0.4, 0.5) is 24.9 Å². The standard InChI is InChI=1S/C20H25F3N4O/c1-10(28)6-13-14-7-26(8-15(13)14)18-12-4-3-5-20(22,23)17(12)24-19(25-18)27-9-16(21)11(27)2/h11,13-16H,3-9H2,1-2H3/t11-,13?,14-,15+,16?/m1/s1. The monoisotopic (exact) mass is 394 g/mol. The predicted molar refractivity (Wildman–Crippen MR) is 98.5 cm³/mol. The van der Waals surface area contributed by atoms with Crippen molar-refractivity contribution < 1.29 is 18.0 Å². The van der Waals surface area contributed by atoms with Gasteiger partial charge in [0.25, 0.3) is 5.92 Å². The van der Waals surface area contributed by atoms with Crippen LogP contribution in [-0.4, -0.2) is 47.6 Å². The Balaban J connectivity index is 1.47. The molecule has 28 heavy (non-hydrogen) atoms. The van der Waals surface area contributed by atoms with Gasteiger partial charge in [0, 0.05) is 31.5 Å². The number of carbonyl (C=O) groups is 1. The number of carbonyl (C=O) groups excluding carboxylic acids is 1. The number of halogens is 3. The molecule has 5 rings (SSSR count). The zero-order valence-electron chi connectivity index (χ0n) is 16.2. The van der Waals surface area contributed by atoms with Crippen molar-refractivity contribution in [2.24, 2.45) is 17.8 Å². The largest absolute Gasteiger partial charge is 0.356 e. The molecule has 4 aliphatic rings. The predicted octanol–water partition coefficient (Wildman–Crippen LogP) is 3.11. The molecule has 1 aromatic rings. The minimum absolute atomic E-state index is 0.150. The molecule has 3 fully saturated rings. The van der Waals surface area contributed by atoms with E-state index in [4.69, 9.17) is 0 Å². The number of anilines is 2. The second-order valence-corrected chi connectivity index (χ2v) is 8.94. The molecule has 0 radical (unpaired) electrons. The number of rotatable bonds is 4. The third-order valence-electron chi connectivity index (χ3n) is 7.07. The van der Waals surface area contributed by atoms with Crippen molar-refractivity contribution in [3.8, 4) is 0 Å². The molecule has 0 spiro atoms. The number of nitrogens with zero attached hydrogens (tertiary/aromatic N) is 4. The van der Waals surface area contributed by atoms with Crippen molar-refractivity contribution >= 4 is 17.5 Å². The molecule has 2 aliphatic heterocycles. The van der Waals surface area contributed by atoms with E-state index in [1.165, 1.54) is 0 Å². The molecule has 2 unspecified atom stereocenters. The highest BCUT2D eigenvalue weighted by molar-refractivity contribution is 5.76. The van der Waals surface area contributed by atoms with Gasteiger partial charge in [-0.1, -0.05) is 0 Å². The Labute approximate surface area is 162 Å². The lowest BCUT2D eigenvalue weighted by atomic mass is 9.92. The quantitative estimate of drug-likeness (QED) is 0.786. The van der Waals surface area contributed by atoms with Crippen molar-refractivity contribution in [2.75, 3.05) is 29.4 Å². The molecule has 1 aromatic heterocycles. The molecular formula is C20H25F3N4O. The number of alkyl halides is 3. The summed E-state index contributed by atoms with van der Waals surface area (Å²) in [6.07, 6.45) is 0.386. The van der Waals surface area contributed by atoms with Gasteiger partial charge in [0.1, 0.15) is 23.5 Å². The van der Waals surface area contributed by atoms with Gasteiger partial charge in [0.2, 0.25) is 5.95 Å². The van der Waals surface area contributed by atoms with Gasteiger partial charge in [-0.05, 0) is 44.4 Å². The lowest BCUT2D eigenvalue weighted by Gasteiger charge is -2.43. The number of piperidine rings is 1. The number of fused-ring (bicyclic) bond motifs is 2. The van der Waals surface area contributed by atoms with Crippen LogP contribution in [0.3, 0.4) is 0 Å². The van der Waals surface area contributed by atoms with E-state index in [2.05, 4.69) is 14.9 Å². The summed E-state index contributed by atoms with van der Waals surface area (Å²) in [6.45, 7) is 4.99. The van der Waals surface area contributed by atoms with Gasteiger partial charge >= 0.3 is 0 Å². The highest BCUT2D eigenvalue weighted by Crippen LogP contribution is 2.55. The molecule has 2 saturated heterocycles. The van der Waals surface area contributed by atoms with E-state index in [1.807, 2.05) is 0 Å². The van der Waals surface area contributed by atoms with Crippen LogP contribution in [0.25, 0.3) is 0 Å². The maximum Gasteiger partial charge on any atom is 0.290 e. The molecule has 0 N–H and O–H groups in total. The third-order valence-corrected chi connectivity index (χ3v) is 7.07. The van der Waals surface area contributed by atoms with Crippen molar-refractivity contribution in [3.05, 3.63) is 11.3 Å². The van der Waals surface area contributed by atoms with Crippen LogP contribution >= 0.6 is 0 Å². The molecule has 3 heterocycles. The molecule has 8 heteroatoms. The minimum atomic E-state index is -2.97. The van der Waals surface area contributed by atoms with E-state index in [9.17, 15) is 18.0 Å². The van der Waals surface area contributed by atoms with E-state index in [-0.39, 0.29) is 30.4 Å². The van der Waals surface area contributed by atoms with Gasteiger partial charge in [0.15, 0.2) is 0 Å². The molecule has 0 bridgehead atoms. The first-order valence-electron chi connectivity index (χ1n) is 10.2. The second-order valence-electron chi connectivity index (χ2n) is 8.94. The van der Waals surface area contributed by atoms with E-state index in [0.717, 1.165) is 13.1 Å². The highest BCUT2D eigenvalue weighted by Gasteiger charge is 2.56. The Bertz CT molecular complexity index is 820. The zero-order chi connectivity index (χ0) is 19.8. The summed E-state index contributed by atoms with van der Waals surface area (Å²) in [4.78, 5) is 24.0. The van der Waals surface area contributed by atoms with Crippen molar-refractivity contribution in [1.82, 2.24) is 9.97 Å². The highest BCUT2D eigenvalue weighted by atomic mass is 19.3. The van der Waals surface area contributed by atoms with Crippen LogP contribution in [0, 0.1) is 17.8 Å². The van der Waals surface area contributed by atoms with E-state index < -0.39 is 18.1 Å². The Morgan fingerprint density at radius 2 is 1.93 bits per heavy atom. The molecule has 5 nitrogen and oxygen atoms in total. The van der Waals surface area contributed by atoms with Crippen LogP contribution < -0.4 is 9.80 Å². The molecular weight excluding hydrogens is 369 g/mol. The molecule has 5 atom stereocenters. The van der Waals surface area contributed by atoms with Gasteiger partial charge in [-0.2, -0.15) is 13.8 Å². The third kappa shape index (κ3) is 2.70. The Kier molecular flexibility index (Phi) is 3.94. The first-order chi connectivity index (χ1) is 13.3. The van der Waals surface area contributed by atoms with E-state index in [1.54, 1.807) is 18.7 Å². The van der Waals surface area contributed by atoms with Crippen LogP contribution in [0.1, 0.15) is 44.4 Å². The summed E-state index contributed by atoms with van der Waals surface area (Å²) in [5.74, 6) is -0.626. The fourth-order valence-corrected chi connectivity index (χ4v) is 5.27. The van der Waals surface area contributed by atoms with E-state index in [0.29, 0.717) is 48.4 Å². The van der Waals surface area contributed by atoms with Gasteiger partial charge in [-0.25, -0.2) is 9.37 Å². The number of aromatic nitrogens is 2. The topological polar surface area (TPSA) is 49.3 Å². The summed E-state index contributed by atoms with van der Waals surface area (Å²) in [5.41, 5.74) is 0.378. The summed E-state index contributed by atoms with van der Waals surface area (Å²) in [7, 11) is 0. The maximum atomic E-state index is 14.7. The summed E-state index contributed by atoms with van der Waals surface area (Å²) in [6, 6.07) is -0.393. The lowest BCUT2D eigenvalue weighted by molar-refractivity contribution is -0.117. The zero-order valence-corrected chi connectivity index (χ0v) is 16.2. The van der Waals surface area contributed by atoms with Gasteiger partial charge in [0.05, 0.1) is 12.6 Å². The first kappa shape index (κ1) is 18.2. The molecule has 2 aliphatic carbocycles. The van der Waals surface area contributed by atoms with Crippen LogP contribution in [0.5, 0.6) is 0 Å². The first-order valence-corrected chi connectivity index (χ1v) is 10.2. The number of ketones is 1. The van der Waals surface area contributed by atoms with Crippen molar-refractivity contribution in [3.63, 3.8) is 0 Å². The smallest absolute Gasteiger partial charge is 0.290 e. The van der Waals surface area contributed by atoms with Crippen molar-refractivity contribution in [2.45, 2.75) is 57.7 Å². The maximum absolute atomic E-state index is 14.7. The second kappa shape index (κ2) is 6.07. The van der Waals surface area contributed by atoms with Crippen LogP contribution in [-0.2, 0) is 17.1 Å². The summed E-state index contributed by atoms with van der Waals surface area (Å²) in [5, 5.41) is 0. The molecule has 152 valence electrons. The van der Waals surface area contributed by atoms with E-state index >= 15 is 0 Å². The number of hydrogen-bond donors (Lipinski definition) is 0. The van der Waals surface area contributed by atoms with Gasteiger partial charge < -0.3 is 14.6 Å². The summed E-state index contributed by atoms with van der Waals surface area (Å²) >= 11 is 0. The summed E-state index contributed by atoms with van der Waals surface area (Å²) < 4.78 is 43.0. The lowest BCUT2D eigenvalue weighted by Crippen LogP contribution is -2.57. The SMILES string of the molecule is CC(=O)CC1[C@H]2CN(c3nc(N4CC(F)[C@H]4C)nc4c3CCCC4(F)F)C[C@@H]12. The van der Waals surface area contributed by atoms with Crippen LogP contribution in [0.15, 0.2) is 0 Å². The van der Waals surface area contributed by atoms with Gasteiger partial charge in [-0.3, -0.25) is 0 Å². The fraction of sp³-hybridized carbons (Fsp3) is 0.750. The fourth-order valence-electron chi connectivity index (χ4n) is 5.27.